The highest BCUT2D eigenvalue weighted by atomic mass is 35.5. The highest BCUT2D eigenvalue weighted by molar-refractivity contribution is 6.37. The number of carboxylic acids is 2. The Kier molecular flexibility index (Phi) is 4.84. The maximum Gasteiger partial charge on any atom is 0.352 e. The molecule has 3 aromatic heterocycles. The first-order valence-electron chi connectivity index (χ1n) is 9.66. The smallest absolute Gasteiger partial charge is 0.352 e. The summed E-state index contributed by atoms with van der Waals surface area (Å²) in [6, 6.07) is 8.63. The molecule has 5 aromatic rings. The summed E-state index contributed by atoms with van der Waals surface area (Å²) in [5.41, 5.74) is 2.05. The van der Waals surface area contributed by atoms with Gasteiger partial charge in [0, 0.05) is 45.4 Å². The quantitative estimate of drug-likeness (QED) is 0.208. The Hall–Kier alpha value is -3.88. The SMILES string of the molecule is COc1ccc2c(-c3c(C(=O)O)[nH]c(C(=O)O)c3-c3c[nH]c4c(Cl)cccc34)c[nH]c2c1Cl. The minimum absolute atomic E-state index is 0.216. The highest BCUT2D eigenvalue weighted by Crippen LogP contribution is 2.45. The zero-order valence-electron chi connectivity index (χ0n) is 16.9. The van der Waals surface area contributed by atoms with Gasteiger partial charge in [-0.25, -0.2) is 9.59 Å². The predicted octanol–water partition coefficient (Wildman–Crippen LogP) is 6.02. The third-order valence-corrected chi connectivity index (χ3v) is 6.30. The summed E-state index contributed by atoms with van der Waals surface area (Å²) in [5.74, 6) is -2.15. The van der Waals surface area contributed by atoms with Gasteiger partial charge in [-0.05, 0) is 18.2 Å². The number of hydrogen-bond acceptors (Lipinski definition) is 3. The maximum atomic E-state index is 12.2. The van der Waals surface area contributed by atoms with E-state index in [1.54, 1.807) is 42.7 Å². The van der Waals surface area contributed by atoms with E-state index in [9.17, 15) is 19.8 Å². The molecule has 0 aliphatic carbocycles. The second-order valence-corrected chi connectivity index (χ2v) is 8.09. The standard InChI is InChI=1S/C23H15Cl2N3O5/c1-33-14-6-5-10-12(8-27-19(10)17(14)25)16-15(20(22(29)30)28-21(16)23(31)32)11-7-26-18-9(11)3-2-4-13(18)24/h2-8,26-28H,1H3,(H,29,30)(H,31,32). The van der Waals surface area contributed by atoms with Crippen molar-refractivity contribution in [1.82, 2.24) is 15.0 Å². The summed E-state index contributed by atoms with van der Waals surface area (Å²) >= 11 is 12.7. The van der Waals surface area contributed by atoms with Gasteiger partial charge in [0.2, 0.25) is 0 Å². The fourth-order valence-electron chi connectivity index (χ4n) is 4.19. The van der Waals surface area contributed by atoms with E-state index in [0.717, 1.165) is 0 Å². The molecule has 0 atom stereocenters. The van der Waals surface area contributed by atoms with Crippen LogP contribution in [0.25, 0.3) is 44.1 Å². The van der Waals surface area contributed by atoms with Gasteiger partial charge in [0.15, 0.2) is 0 Å². The fourth-order valence-corrected chi connectivity index (χ4v) is 4.72. The van der Waals surface area contributed by atoms with Crippen molar-refractivity contribution >= 4 is 56.9 Å². The number of benzene rings is 2. The van der Waals surface area contributed by atoms with Crippen molar-refractivity contribution in [1.29, 1.82) is 0 Å². The molecule has 0 amide bonds. The Morgan fingerprint density at radius 3 is 2.00 bits per heavy atom. The maximum absolute atomic E-state index is 12.2. The molecule has 5 N–H and O–H groups in total. The molecule has 166 valence electrons. The van der Waals surface area contributed by atoms with Gasteiger partial charge in [-0.1, -0.05) is 35.3 Å². The Bertz CT molecular complexity index is 1590. The molecule has 0 spiro atoms. The van der Waals surface area contributed by atoms with Crippen LogP contribution in [0.5, 0.6) is 5.75 Å². The van der Waals surface area contributed by atoms with E-state index >= 15 is 0 Å². The second kappa shape index (κ2) is 7.61. The van der Waals surface area contributed by atoms with Crippen LogP contribution < -0.4 is 4.74 Å². The molecule has 0 unspecified atom stereocenters. The van der Waals surface area contributed by atoms with Crippen LogP contribution in [0.4, 0.5) is 0 Å². The van der Waals surface area contributed by atoms with E-state index in [1.165, 1.54) is 7.11 Å². The summed E-state index contributed by atoms with van der Waals surface area (Å²) < 4.78 is 5.26. The third-order valence-electron chi connectivity index (χ3n) is 5.61. The van der Waals surface area contributed by atoms with Crippen molar-refractivity contribution in [3.05, 3.63) is 64.2 Å². The lowest BCUT2D eigenvalue weighted by Gasteiger charge is -2.08. The number of aromatic carboxylic acids is 2. The minimum Gasteiger partial charge on any atom is -0.495 e. The fraction of sp³-hybridized carbons (Fsp3) is 0.0435. The first-order valence-corrected chi connectivity index (χ1v) is 10.4. The van der Waals surface area contributed by atoms with Crippen molar-refractivity contribution in [3.8, 4) is 28.0 Å². The first-order chi connectivity index (χ1) is 15.8. The molecule has 0 fully saturated rings. The number of methoxy groups -OCH3 is 1. The minimum atomic E-state index is -1.30. The van der Waals surface area contributed by atoms with Gasteiger partial charge in [0.05, 0.1) is 23.2 Å². The van der Waals surface area contributed by atoms with Gasteiger partial charge < -0.3 is 29.9 Å². The number of H-pyrrole nitrogens is 3. The number of aromatic nitrogens is 3. The predicted molar refractivity (Wildman–Crippen MR) is 126 cm³/mol. The van der Waals surface area contributed by atoms with Crippen LogP contribution in [0.2, 0.25) is 10.0 Å². The van der Waals surface area contributed by atoms with Crippen LogP contribution in [-0.2, 0) is 0 Å². The molecule has 0 aliphatic heterocycles. The van der Waals surface area contributed by atoms with Crippen LogP contribution >= 0.6 is 23.2 Å². The summed E-state index contributed by atoms with van der Waals surface area (Å²) in [4.78, 5) is 33.1. The van der Waals surface area contributed by atoms with Crippen LogP contribution in [-0.4, -0.2) is 44.2 Å². The van der Waals surface area contributed by atoms with Crippen LogP contribution in [0.3, 0.4) is 0 Å². The molecule has 5 rings (SSSR count). The molecular formula is C23H15Cl2N3O5. The lowest BCUT2D eigenvalue weighted by atomic mass is 9.94. The number of para-hydroxylation sites is 1. The summed E-state index contributed by atoms with van der Waals surface area (Å²) in [6.07, 6.45) is 3.22. The van der Waals surface area contributed by atoms with Crippen LogP contribution in [0.1, 0.15) is 21.0 Å². The molecule has 10 heteroatoms. The van der Waals surface area contributed by atoms with E-state index in [4.69, 9.17) is 27.9 Å². The number of fused-ring (bicyclic) bond motifs is 2. The highest BCUT2D eigenvalue weighted by Gasteiger charge is 2.30. The summed E-state index contributed by atoms with van der Waals surface area (Å²) in [5, 5.41) is 21.9. The lowest BCUT2D eigenvalue weighted by Crippen LogP contribution is -2.01. The monoisotopic (exact) mass is 483 g/mol. The molecule has 0 bridgehead atoms. The topological polar surface area (TPSA) is 131 Å². The Labute approximate surface area is 195 Å². The third kappa shape index (κ3) is 3.06. The van der Waals surface area contributed by atoms with E-state index in [-0.39, 0.29) is 22.5 Å². The molecular weight excluding hydrogens is 469 g/mol. The number of aromatic amines is 3. The van der Waals surface area contributed by atoms with E-state index in [2.05, 4.69) is 15.0 Å². The molecule has 0 saturated carbocycles. The molecule has 3 heterocycles. The molecule has 2 aromatic carbocycles. The average molecular weight is 484 g/mol. The number of rotatable bonds is 5. The number of halogens is 2. The van der Waals surface area contributed by atoms with Gasteiger partial charge in [-0.15, -0.1) is 0 Å². The van der Waals surface area contributed by atoms with Crippen molar-refractivity contribution in [2.24, 2.45) is 0 Å². The Morgan fingerprint density at radius 1 is 0.848 bits per heavy atom. The Morgan fingerprint density at radius 2 is 1.42 bits per heavy atom. The van der Waals surface area contributed by atoms with Crippen molar-refractivity contribution in [3.63, 3.8) is 0 Å². The van der Waals surface area contributed by atoms with Gasteiger partial charge in [-0.3, -0.25) is 0 Å². The van der Waals surface area contributed by atoms with Crippen molar-refractivity contribution < 1.29 is 24.5 Å². The molecule has 0 aliphatic rings. The van der Waals surface area contributed by atoms with Gasteiger partial charge in [0.1, 0.15) is 22.2 Å². The van der Waals surface area contributed by atoms with E-state index < -0.39 is 11.9 Å². The number of ether oxygens (including phenoxy) is 1. The average Bonchev–Trinajstić information content (AvgIpc) is 3.48. The van der Waals surface area contributed by atoms with E-state index in [0.29, 0.717) is 48.7 Å². The summed E-state index contributed by atoms with van der Waals surface area (Å²) in [6.45, 7) is 0. The molecule has 8 nitrogen and oxygen atoms in total. The van der Waals surface area contributed by atoms with Gasteiger partial charge >= 0.3 is 11.9 Å². The zero-order chi connectivity index (χ0) is 23.4. The molecule has 0 radical (unpaired) electrons. The van der Waals surface area contributed by atoms with Gasteiger partial charge in [0.25, 0.3) is 0 Å². The number of hydrogen-bond donors (Lipinski definition) is 5. The molecule has 0 saturated heterocycles. The lowest BCUT2D eigenvalue weighted by molar-refractivity contribution is 0.0690. The van der Waals surface area contributed by atoms with E-state index in [1.807, 2.05) is 0 Å². The summed E-state index contributed by atoms with van der Waals surface area (Å²) in [7, 11) is 1.49. The van der Waals surface area contributed by atoms with Crippen molar-refractivity contribution in [2.75, 3.05) is 7.11 Å². The zero-order valence-corrected chi connectivity index (χ0v) is 18.4. The molecule has 33 heavy (non-hydrogen) atoms. The van der Waals surface area contributed by atoms with Gasteiger partial charge in [-0.2, -0.15) is 0 Å². The first kappa shape index (κ1) is 21.0. The number of carbonyl (C=O) groups is 2. The second-order valence-electron chi connectivity index (χ2n) is 7.31. The van der Waals surface area contributed by atoms with Crippen molar-refractivity contribution in [2.45, 2.75) is 0 Å². The number of carboxylic acid groups (broad SMARTS) is 2. The van der Waals surface area contributed by atoms with Crippen LogP contribution in [0.15, 0.2) is 42.7 Å². The largest absolute Gasteiger partial charge is 0.495 e. The van der Waals surface area contributed by atoms with Crippen LogP contribution in [0, 0.1) is 0 Å². The Balaban J connectivity index is 1.91. The number of nitrogens with one attached hydrogen (secondary N) is 3. The normalized spacial score (nSPS) is 11.4.